The molecule has 11 heteroatoms. The van der Waals surface area contributed by atoms with E-state index in [-0.39, 0.29) is 18.5 Å². The molecule has 10 nitrogen and oxygen atoms in total. The van der Waals surface area contributed by atoms with E-state index >= 15 is 0 Å². The third kappa shape index (κ3) is 3.63. The number of urea groups is 1. The van der Waals surface area contributed by atoms with Crippen molar-refractivity contribution in [2.24, 2.45) is 0 Å². The first-order valence-corrected chi connectivity index (χ1v) is 9.37. The van der Waals surface area contributed by atoms with Gasteiger partial charge in [-0.15, -0.1) is 4.28 Å². The smallest absolute Gasteiger partial charge is 0.351 e. The number of nitrogens with zero attached hydrogens (tertiary/aromatic N) is 3. The highest BCUT2D eigenvalue weighted by Gasteiger charge is 2.49. The average molecular weight is 362 g/mol. The SMILES string of the molecule is CN1CCC(NC(=O)[C@@H]2CC[C@H]3CN2C(=O)N3OS(=O)(=O)O)CC1. The summed E-state index contributed by atoms with van der Waals surface area (Å²) in [5.74, 6) is -0.218. The van der Waals surface area contributed by atoms with Gasteiger partial charge in [-0.1, -0.05) is 0 Å². The second-order valence-electron chi connectivity index (χ2n) is 6.60. The van der Waals surface area contributed by atoms with E-state index < -0.39 is 28.5 Å². The van der Waals surface area contributed by atoms with Gasteiger partial charge in [0.1, 0.15) is 6.04 Å². The highest BCUT2D eigenvalue weighted by Crippen LogP contribution is 2.30. The first-order chi connectivity index (χ1) is 11.2. The molecule has 0 radical (unpaired) electrons. The molecule has 3 fully saturated rings. The Morgan fingerprint density at radius 1 is 1.25 bits per heavy atom. The number of piperidine rings is 2. The molecule has 0 aromatic rings. The van der Waals surface area contributed by atoms with Crippen LogP contribution in [0, 0.1) is 0 Å². The lowest BCUT2D eigenvalue weighted by Crippen LogP contribution is -2.53. The molecule has 0 saturated carbocycles. The molecule has 2 N–H and O–H groups in total. The monoisotopic (exact) mass is 362 g/mol. The van der Waals surface area contributed by atoms with Crippen molar-refractivity contribution in [1.82, 2.24) is 20.2 Å². The maximum atomic E-state index is 12.5. The van der Waals surface area contributed by atoms with E-state index in [1.165, 1.54) is 4.90 Å². The fourth-order valence-corrected chi connectivity index (χ4v) is 3.94. The molecule has 3 aliphatic heterocycles. The summed E-state index contributed by atoms with van der Waals surface area (Å²) in [7, 11) is -2.74. The van der Waals surface area contributed by atoms with Crippen molar-refractivity contribution in [2.45, 2.75) is 43.8 Å². The van der Waals surface area contributed by atoms with E-state index in [0.29, 0.717) is 17.9 Å². The van der Waals surface area contributed by atoms with Crippen LogP contribution in [0.4, 0.5) is 4.79 Å². The minimum absolute atomic E-state index is 0.0919. The van der Waals surface area contributed by atoms with E-state index in [4.69, 9.17) is 4.55 Å². The molecular formula is C13H22N4O6S. The lowest BCUT2D eigenvalue weighted by Gasteiger charge is -2.33. The molecule has 0 aromatic carbocycles. The summed E-state index contributed by atoms with van der Waals surface area (Å²) in [5.41, 5.74) is 0. The maximum absolute atomic E-state index is 12.5. The van der Waals surface area contributed by atoms with Crippen LogP contribution in [0.3, 0.4) is 0 Å². The Morgan fingerprint density at radius 3 is 2.54 bits per heavy atom. The molecule has 2 atom stereocenters. The van der Waals surface area contributed by atoms with Crippen molar-refractivity contribution >= 4 is 22.3 Å². The minimum Gasteiger partial charge on any atom is -0.351 e. The summed E-state index contributed by atoms with van der Waals surface area (Å²) >= 11 is 0. The zero-order valence-electron chi connectivity index (χ0n) is 13.4. The number of amides is 3. The standard InChI is InChI=1S/C13H22N4O6S/c1-15-6-4-9(5-7-15)14-12(18)11-3-2-10-8-16(11)13(19)17(10)23-24(20,21)22/h9-11H,2-8H2,1H3,(H,14,18)(H,20,21,22)/t10-,11-/m0/s1. The van der Waals surface area contributed by atoms with Crippen LogP contribution in [0.15, 0.2) is 0 Å². The second kappa shape index (κ2) is 6.47. The Morgan fingerprint density at radius 2 is 1.92 bits per heavy atom. The molecule has 0 aliphatic carbocycles. The number of fused-ring (bicyclic) bond motifs is 2. The molecule has 136 valence electrons. The molecule has 0 spiro atoms. The Balaban J connectivity index is 1.62. The summed E-state index contributed by atoms with van der Waals surface area (Å²) in [6.07, 6.45) is 2.59. The van der Waals surface area contributed by atoms with Crippen LogP contribution < -0.4 is 5.32 Å². The van der Waals surface area contributed by atoms with Gasteiger partial charge < -0.3 is 15.1 Å². The van der Waals surface area contributed by atoms with Crippen molar-refractivity contribution < 1.29 is 26.8 Å². The number of hydrogen-bond donors (Lipinski definition) is 2. The number of hydrogen-bond acceptors (Lipinski definition) is 6. The topological polar surface area (TPSA) is 119 Å². The van der Waals surface area contributed by atoms with Crippen LogP contribution in [0.25, 0.3) is 0 Å². The molecule has 3 amide bonds. The van der Waals surface area contributed by atoms with Gasteiger partial charge in [-0.05, 0) is 45.8 Å². The fourth-order valence-electron chi connectivity index (χ4n) is 3.55. The third-order valence-corrected chi connectivity index (χ3v) is 5.21. The van der Waals surface area contributed by atoms with Gasteiger partial charge in [0.25, 0.3) is 0 Å². The summed E-state index contributed by atoms with van der Waals surface area (Å²) in [6.45, 7) is 2.03. The summed E-state index contributed by atoms with van der Waals surface area (Å²) in [6, 6.07) is -1.73. The average Bonchev–Trinajstić information content (AvgIpc) is 2.73. The maximum Gasteiger partial charge on any atom is 0.418 e. The molecular weight excluding hydrogens is 340 g/mol. The highest BCUT2D eigenvalue weighted by atomic mass is 32.3. The van der Waals surface area contributed by atoms with Crippen LogP contribution in [-0.4, -0.2) is 84.6 Å². The van der Waals surface area contributed by atoms with Crippen LogP contribution in [0.2, 0.25) is 0 Å². The predicted octanol–water partition coefficient (Wildman–Crippen LogP) is -0.800. The van der Waals surface area contributed by atoms with Crippen molar-refractivity contribution in [2.75, 3.05) is 26.7 Å². The number of likely N-dealkylation sites (tertiary alicyclic amines) is 1. The molecule has 3 rings (SSSR count). The van der Waals surface area contributed by atoms with Crippen molar-refractivity contribution in [3.8, 4) is 0 Å². The second-order valence-corrected chi connectivity index (χ2v) is 7.60. The first kappa shape index (κ1) is 17.4. The van der Waals surface area contributed by atoms with Gasteiger partial charge in [0.15, 0.2) is 0 Å². The quantitative estimate of drug-likeness (QED) is 0.628. The number of carbonyl (C=O) groups excluding carboxylic acids is 2. The van der Waals surface area contributed by atoms with E-state index in [0.717, 1.165) is 25.9 Å². The van der Waals surface area contributed by atoms with E-state index in [9.17, 15) is 18.0 Å². The van der Waals surface area contributed by atoms with Gasteiger partial charge in [0.05, 0.1) is 6.04 Å². The molecule has 2 bridgehead atoms. The van der Waals surface area contributed by atoms with Crippen molar-refractivity contribution in [1.29, 1.82) is 0 Å². The van der Waals surface area contributed by atoms with Gasteiger partial charge in [-0.2, -0.15) is 13.5 Å². The summed E-state index contributed by atoms with van der Waals surface area (Å²) in [5, 5.41) is 3.64. The highest BCUT2D eigenvalue weighted by molar-refractivity contribution is 7.80. The number of carbonyl (C=O) groups is 2. The number of rotatable bonds is 4. The lowest BCUT2D eigenvalue weighted by atomic mass is 9.99. The Hall–Kier alpha value is -1.43. The number of nitrogens with one attached hydrogen (secondary N) is 1. The van der Waals surface area contributed by atoms with E-state index in [1.807, 2.05) is 7.05 Å². The largest absolute Gasteiger partial charge is 0.418 e. The Labute approximate surface area is 140 Å². The normalized spacial score (nSPS) is 29.2. The van der Waals surface area contributed by atoms with Crippen LogP contribution in [0.5, 0.6) is 0 Å². The zero-order chi connectivity index (χ0) is 17.5. The molecule has 3 saturated heterocycles. The molecule has 3 heterocycles. The van der Waals surface area contributed by atoms with Gasteiger partial charge in [0, 0.05) is 12.6 Å². The molecule has 0 aromatic heterocycles. The van der Waals surface area contributed by atoms with E-state index in [2.05, 4.69) is 14.5 Å². The van der Waals surface area contributed by atoms with Crippen LogP contribution in [-0.2, 0) is 19.5 Å². The molecule has 24 heavy (non-hydrogen) atoms. The van der Waals surface area contributed by atoms with E-state index in [1.54, 1.807) is 0 Å². The van der Waals surface area contributed by atoms with Crippen LogP contribution in [0.1, 0.15) is 25.7 Å². The zero-order valence-corrected chi connectivity index (χ0v) is 14.2. The summed E-state index contributed by atoms with van der Waals surface area (Å²) < 4.78 is 34.9. The molecule has 3 aliphatic rings. The van der Waals surface area contributed by atoms with Gasteiger partial charge in [-0.25, -0.2) is 4.79 Å². The van der Waals surface area contributed by atoms with Crippen molar-refractivity contribution in [3.05, 3.63) is 0 Å². The Bertz CT molecular complexity index is 618. The lowest BCUT2D eigenvalue weighted by molar-refractivity contribution is -0.127. The number of hydroxylamine groups is 2. The molecule has 0 unspecified atom stereocenters. The third-order valence-electron chi connectivity index (χ3n) is 4.86. The van der Waals surface area contributed by atoms with Crippen LogP contribution >= 0.6 is 0 Å². The van der Waals surface area contributed by atoms with Gasteiger partial charge >= 0.3 is 16.4 Å². The summed E-state index contributed by atoms with van der Waals surface area (Å²) in [4.78, 5) is 28.3. The predicted molar refractivity (Wildman–Crippen MR) is 82.0 cm³/mol. The minimum atomic E-state index is -4.77. The van der Waals surface area contributed by atoms with Gasteiger partial charge in [0.2, 0.25) is 5.91 Å². The first-order valence-electron chi connectivity index (χ1n) is 8.00. The fraction of sp³-hybridized carbons (Fsp3) is 0.846. The van der Waals surface area contributed by atoms with Gasteiger partial charge in [-0.3, -0.25) is 9.35 Å². The van der Waals surface area contributed by atoms with Crippen molar-refractivity contribution in [3.63, 3.8) is 0 Å². The Kier molecular flexibility index (Phi) is 4.69.